The van der Waals surface area contributed by atoms with Gasteiger partial charge in [-0.05, 0) is 17.4 Å². The number of carbonyl (C=O) groups excluding carboxylic acids is 1. The van der Waals surface area contributed by atoms with Gasteiger partial charge in [0.1, 0.15) is 6.29 Å². The molecule has 2 unspecified atom stereocenters. The second-order valence-corrected chi connectivity index (χ2v) is 4.18. The minimum atomic E-state index is -1.21. The Balaban J connectivity index is 2.73. The molecule has 0 aromatic heterocycles. The van der Waals surface area contributed by atoms with E-state index in [1.165, 1.54) is 0 Å². The van der Waals surface area contributed by atoms with Gasteiger partial charge in [-0.25, -0.2) is 0 Å². The zero-order valence-electron chi connectivity index (χ0n) is 7.15. The number of carbonyl (C=O) groups is 1. The molecule has 0 radical (unpaired) electrons. The van der Waals surface area contributed by atoms with Crippen LogP contribution >= 0.6 is 23.2 Å². The molecule has 1 aliphatic heterocycles. The van der Waals surface area contributed by atoms with Crippen LogP contribution in [-0.2, 0) is 4.79 Å². The van der Waals surface area contributed by atoms with Gasteiger partial charge in [0.15, 0.2) is 10.4 Å². The summed E-state index contributed by atoms with van der Waals surface area (Å²) in [6, 6.07) is 7.41. The molecule has 4 heteroatoms. The number of rotatable bonds is 1. The average Bonchev–Trinajstić information content (AvgIpc) is 2.20. The quantitative estimate of drug-likeness (QED) is 0.398. The second-order valence-electron chi connectivity index (χ2n) is 3.11. The van der Waals surface area contributed by atoms with E-state index < -0.39 is 10.4 Å². The van der Waals surface area contributed by atoms with E-state index in [0.29, 0.717) is 6.29 Å². The van der Waals surface area contributed by atoms with Crippen LogP contribution in [0, 0.1) is 0 Å². The number of alkyl halides is 2. The first-order valence-electron chi connectivity index (χ1n) is 4.11. The fourth-order valence-corrected chi connectivity index (χ4v) is 1.73. The summed E-state index contributed by atoms with van der Waals surface area (Å²) in [4.78, 5) is 13.7. The zero-order valence-corrected chi connectivity index (χ0v) is 8.66. The van der Waals surface area contributed by atoms with Gasteiger partial charge in [0.05, 0.1) is 5.36 Å². The molecule has 0 N–H and O–H groups in total. The standard InChI is InChI=1S/C10H7Cl2NO/c11-9-10(12,6-14)5-7-3-1-2-4-8(7)13-9/h1-6,9H. The van der Waals surface area contributed by atoms with Gasteiger partial charge in [-0.15, -0.1) is 11.6 Å². The summed E-state index contributed by atoms with van der Waals surface area (Å²) in [5.74, 6) is 0. The fraction of sp³-hybridized carbons (Fsp3) is 0.200. The van der Waals surface area contributed by atoms with Crippen molar-refractivity contribution in [3.8, 4) is 0 Å². The first-order chi connectivity index (χ1) is 6.65. The van der Waals surface area contributed by atoms with Crippen molar-refractivity contribution in [2.45, 2.75) is 10.4 Å². The third-order valence-electron chi connectivity index (χ3n) is 2.11. The van der Waals surface area contributed by atoms with Crippen LogP contribution in [0.2, 0.25) is 0 Å². The lowest BCUT2D eigenvalue weighted by Gasteiger charge is -2.21. The van der Waals surface area contributed by atoms with E-state index >= 15 is 0 Å². The third-order valence-corrected chi connectivity index (χ3v) is 3.09. The maximum Gasteiger partial charge on any atom is 0.155 e. The van der Waals surface area contributed by atoms with Crippen molar-refractivity contribution < 1.29 is 4.79 Å². The van der Waals surface area contributed by atoms with E-state index in [1.54, 1.807) is 6.08 Å². The monoisotopic (exact) mass is 227 g/mol. The fourth-order valence-electron chi connectivity index (χ4n) is 1.35. The zero-order chi connectivity index (χ0) is 10.2. The molecule has 1 aromatic carbocycles. The summed E-state index contributed by atoms with van der Waals surface area (Å²) in [7, 11) is 0. The first kappa shape index (κ1) is 9.69. The Morgan fingerprint density at radius 3 is 2.86 bits per heavy atom. The maximum atomic E-state index is 10.8. The van der Waals surface area contributed by atoms with Crippen molar-refractivity contribution in [1.29, 1.82) is 0 Å². The van der Waals surface area contributed by atoms with Crippen LogP contribution in [0.5, 0.6) is 0 Å². The van der Waals surface area contributed by atoms with Crippen LogP contribution in [0.1, 0.15) is 0 Å². The molecule has 2 atom stereocenters. The lowest BCUT2D eigenvalue weighted by atomic mass is 10.1. The highest BCUT2D eigenvalue weighted by atomic mass is 35.5. The van der Waals surface area contributed by atoms with E-state index in [-0.39, 0.29) is 0 Å². The third kappa shape index (κ3) is 1.45. The van der Waals surface area contributed by atoms with Gasteiger partial charge in [0.25, 0.3) is 0 Å². The maximum absolute atomic E-state index is 10.8. The lowest BCUT2D eigenvalue weighted by Crippen LogP contribution is -2.43. The summed E-state index contributed by atoms with van der Waals surface area (Å²) in [5.41, 5.74) is -0.739. The molecule has 14 heavy (non-hydrogen) atoms. The second kappa shape index (κ2) is 3.37. The molecule has 0 bridgehead atoms. The van der Waals surface area contributed by atoms with Crippen molar-refractivity contribution in [3.63, 3.8) is 0 Å². The topological polar surface area (TPSA) is 29.4 Å². The average molecular weight is 228 g/mol. The summed E-state index contributed by atoms with van der Waals surface area (Å²) in [6.07, 6.45) is 2.26. The molecule has 0 spiro atoms. The minimum Gasteiger partial charge on any atom is -0.301 e. The highest BCUT2D eigenvalue weighted by molar-refractivity contribution is 6.42. The molecule has 2 nitrogen and oxygen atoms in total. The minimum absolute atomic E-state index is 0.617. The van der Waals surface area contributed by atoms with Gasteiger partial charge in [-0.1, -0.05) is 29.8 Å². The highest BCUT2D eigenvalue weighted by Crippen LogP contribution is 2.25. The van der Waals surface area contributed by atoms with E-state index in [4.69, 9.17) is 23.2 Å². The van der Waals surface area contributed by atoms with Crippen LogP contribution in [0.25, 0.3) is 6.08 Å². The van der Waals surface area contributed by atoms with Crippen molar-refractivity contribution in [3.05, 3.63) is 34.8 Å². The molecule has 1 aromatic rings. The molecule has 0 saturated carbocycles. The Labute approximate surface area is 90.9 Å². The normalized spacial score (nSPS) is 29.7. The van der Waals surface area contributed by atoms with E-state index in [1.807, 2.05) is 24.3 Å². The highest BCUT2D eigenvalue weighted by Gasteiger charge is 2.34. The number of aldehydes is 1. The molecule has 1 aliphatic rings. The van der Waals surface area contributed by atoms with Gasteiger partial charge < -0.3 is 4.79 Å². The summed E-state index contributed by atoms with van der Waals surface area (Å²) >= 11 is 11.9. The molecule has 0 amide bonds. The summed E-state index contributed by atoms with van der Waals surface area (Å²) < 4.78 is 0. The number of hydrogen-bond donors (Lipinski definition) is 0. The van der Waals surface area contributed by atoms with Gasteiger partial charge in [-0.3, -0.25) is 4.99 Å². The Morgan fingerprint density at radius 1 is 1.43 bits per heavy atom. The molecular weight excluding hydrogens is 221 g/mol. The SMILES string of the molecule is O=CC1(Cl)C=c2ccccc2=NC1Cl. The summed E-state index contributed by atoms with van der Waals surface area (Å²) in [5, 5.41) is 1.61. The molecule has 2 rings (SSSR count). The molecule has 72 valence electrons. The predicted octanol–water partition coefficient (Wildman–Crippen LogP) is 0.842. The van der Waals surface area contributed by atoms with E-state index in [2.05, 4.69) is 4.99 Å². The van der Waals surface area contributed by atoms with Crippen molar-refractivity contribution >= 4 is 35.6 Å². The molecule has 0 saturated heterocycles. The number of nitrogens with zero attached hydrogens (tertiary/aromatic N) is 1. The van der Waals surface area contributed by atoms with Crippen LogP contribution in [0.15, 0.2) is 29.3 Å². The Bertz CT molecular complexity index is 485. The van der Waals surface area contributed by atoms with Crippen LogP contribution in [-0.4, -0.2) is 16.7 Å². The molecule has 0 fully saturated rings. The molecular formula is C10H7Cl2NO. The van der Waals surface area contributed by atoms with Gasteiger partial charge in [-0.2, -0.15) is 0 Å². The van der Waals surface area contributed by atoms with Crippen LogP contribution in [0.4, 0.5) is 0 Å². The summed E-state index contributed by atoms with van der Waals surface area (Å²) in [6.45, 7) is 0. The van der Waals surface area contributed by atoms with Crippen molar-refractivity contribution in [2.75, 3.05) is 0 Å². The van der Waals surface area contributed by atoms with E-state index in [9.17, 15) is 4.79 Å². The van der Waals surface area contributed by atoms with Gasteiger partial charge in [0.2, 0.25) is 0 Å². The van der Waals surface area contributed by atoms with Crippen LogP contribution in [0.3, 0.4) is 0 Å². The number of halogens is 2. The first-order valence-corrected chi connectivity index (χ1v) is 4.92. The number of fused-ring (bicyclic) bond motifs is 1. The molecule has 1 heterocycles. The largest absolute Gasteiger partial charge is 0.301 e. The smallest absolute Gasteiger partial charge is 0.155 e. The lowest BCUT2D eigenvalue weighted by molar-refractivity contribution is -0.108. The predicted molar refractivity (Wildman–Crippen MR) is 56.0 cm³/mol. The number of hydrogen-bond acceptors (Lipinski definition) is 2. The Morgan fingerprint density at radius 2 is 2.14 bits per heavy atom. The van der Waals surface area contributed by atoms with Crippen LogP contribution < -0.4 is 10.6 Å². The Kier molecular flexibility index (Phi) is 2.33. The van der Waals surface area contributed by atoms with Crippen molar-refractivity contribution in [1.82, 2.24) is 0 Å². The number of para-hydroxylation sites is 1. The Hall–Kier alpha value is -0.860. The van der Waals surface area contributed by atoms with E-state index in [0.717, 1.165) is 10.6 Å². The van der Waals surface area contributed by atoms with Crippen molar-refractivity contribution in [2.24, 2.45) is 4.99 Å². The van der Waals surface area contributed by atoms with Gasteiger partial charge in [0, 0.05) is 0 Å². The molecule has 0 aliphatic carbocycles. The number of benzene rings is 1. The van der Waals surface area contributed by atoms with Gasteiger partial charge >= 0.3 is 0 Å².